The van der Waals surface area contributed by atoms with E-state index in [4.69, 9.17) is 9.47 Å². The summed E-state index contributed by atoms with van der Waals surface area (Å²) in [6, 6.07) is 18.0. The number of anilines is 1. The molecule has 226 valence electrons. The van der Waals surface area contributed by atoms with Crippen LogP contribution in [0.15, 0.2) is 71.6 Å². The van der Waals surface area contributed by atoms with Crippen LogP contribution < -0.4 is 19.1 Å². The zero-order valence-electron chi connectivity index (χ0n) is 25.2. The first-order valence-corrected chi connectivity index (χ1v) is 15.4. The first-order valence-electron chi connectivity index (χ1n) is 14.0. The number of amides is 2. The Labute approximate surface area is 249 Å². The van der Waals surface area contributed by atoms with Crippen molar-refractivity contribution in [1.29, 1.82) is 0 Å². The molecule has 0 radical (unpaired) electrons. The second-order valence-electron chi connectivity index (χ2n) is 10.1. The number of hydrogen-bond acceptors (Lipinski definition) is 6. The molecule has 3 rings (SSSR count). The van der Waals surface area contributed by atoms with Crippen LogP contribution in [0, 0.1) is 13.8 Å². The van der Waals surface area contributed by atoms with Gasteiger partial charge in [0.05, 0.1) is 24.8 Å². The molecule has 0 bridgehead atoms. The normalized spacial score (nSPS) is 11.9. The summed E-state index contributed by atoms with van der Waals surface area (Å²) < 4.78 is 40.3. The summed E-state index contributed by atoms with van der Waals surface area (Å²) >= 11 is 0. The minimum atomic E-state index is -4.21. The molecule has 2 amide bonds. The Bertz CT molecular complexity index is 1470. The van der Waals surface area contributed by atoms with E-state index in [2.05, 4.69) is 5.32 Å². The maximum absolute atomic E-state index is 14.2. The molecule has 42 heavy (non-hydrogen) atoms. The number of benzene rings is 3. The number of sulfonamides is 1. The number of carbonyl (C=O) groups excluding carboxylic acids is 2. The summed E-state index contributed by atoms with van der Waals surface area (Å²) in [5.41, 5.74) is 2.67. The molecule has 0 saturated heterocycles. The van der Waals surface area contributed by atoms with Gasteiger partial charge in [-0.1, -0.05) is 49.7 Å². The van der Waals surface area contributed by atoms with Gasteiger partial charge in [-0.05, 0) is 74.2 Å². The van der Waals surface area contributed by atoms with Gasteiger partial charge < -0.3 is 19.7 Å². The zero-order chi connectivity index (χ0) is 30.9. The molecule has 9 nitrogen and oxygen atoms in total. The number of nitrogens with zero attached hydrogens (tertiary/aromatic N) is 2. The molecule has 0 aromatic heterocycles. The van der Waals surface area contributed by atoms with E-state index in [9.17, 15) is 18.0 Å². The number of ether oxygens (including phenoxy) is 2. The minimum Gasteiger partial charge on any atom is -0.497 e. The van der Waals surface area contributed by atoms with Gasteiger partial charge in [0, 0.05) is 13.1 Å². The highest BCUT2D eigenvalue weighted by atomic mass is 32.2. The Morgan fingerprint density at radius 2 is 1.60 bits per heavy atom. The molecule has 0 aliphatic carbocycles. The lowest BCUT2D eigenvalue weighted by Gasteiger charge is -2.33. The molecule has 0 saturated carbocycles. The third kappa shape index (κ3) is 7.82. The summed E-state index contributed by atoms with van der Waals surface area (Å²) in [4.78, 5) is 29.0. The third-order valence-corrected chi connectivity index (χ3v) is 8.69. The lowest BCUT2D eigenvalue weighted by atomic mass is 10.1. The first-order chi connectivity index (χ1) is 20.0. The Morgan fingerprint density at radius 3 is 2.21 bits per heavy atom. The largest absolute Gasteiger partial charge is 0.497 e. The van der Waals surface area contributed by atoms with Gasteiger partial charge in [0.1, 0.15) is 24.1 Å². The van der Waals surface area contributed by atoms with Gasteiger partial charge in [-0.15, -0.1) is 0 Å². The molecule has 0 spiro atoms. The molecule has 0 aliphatic heterocycles. The second kappa shape index (κ2) is 14.7. The third-order valence-electron chi connectivity index (χ3n) is 6.91. The van der Waals surface area contributed by atoms with E-state index in [0.717, 1.165) is 27.4 Å². The van der Waals surface area contributed by atoms with Crippen molar-refractivity contribution in [2.45, 2.75) is 58.0 Å². The highest BCUT2D eigenvalue weighted by molar-refractivity contribution is 7.92. The van der Waals surface area contributed by atoms with Crippen molar-refractivity contribution in [3.8, 4) is 11.5 Å². The Kier molecular flexibility index (Phi) is 11.4. The number of hydrogen-bond donors (Lipinski definition) is 1. The number of nitrogens with one attached hydrogen (secondary N) is 1. The zero-order valence-corrected chi connectivity index (χ0v) is 26.0. The fraction of sp³-hybridized carbons (Fsp3) is 0.375. The van der Waals surface area contributed by atoms with Gasteiger partial charge in [0.25, 0.3) is 10.0 Å². The molecule has 0 heterocycles. The molecule has 10 heteroatoms. The number of methoxy groups -OCH3 is 2. The van der Waals surface area contributed by atoms with Gasteiger partial charge in [-0.25, -0.2) is 8.42 Å². The van der Waals surface area contributed by atoms with Gasteiger partial charge in [0.2, 0.25) is 11.8 Å². The van der Waals surface area contributed by atoms with Gasteiger partial charge in [-0.3, -0.25) is 13.9 Å². The van der Waals surface area contributed by atoms with Crippen molar-refractivity contribution in [2.75, 3.05) is 31.6 Å². The van der Waals surface area contributed by atoms with Crippen LogP contribution in [0.5, 0.6) is 11.5 Å². The predicted octanol–water partition coefficient (Wildman–Crippen LogP) is 4.85. The second-order valence-corrected chi connectivity index (χ2v) is 12.0. The molecule has 3 aromatic rings. The lowest BCUT2D eigenvalue weighted by molar-refractivity contribution is -0.140. The molecule has 0 unspecified atom stereocenters. The molecule has 3 aromatic carbocycles. The number of aryl methyl sites for hydroxylation is 2. The smallest absolute Gasteiger partial charge is 0.264 e. The van der Waals surface area contributed by atoms with Crippen LogP contribution in [0.3, 0.4) is 0 Å². The summed E-state index contributed by atoms with van der Waals surface area (Å²) in [6.07, 6.45) is 1.07. The average molecular weight is 596 g/mol. The van der Waals surface area contributed by atoms with Crippen molar-refractivity contribution in [1.82, 2.24) is 10.2 Å². The highest BCUT2D eigenvalue weighted by Gasteiger charge is 2.34. The monoisotopic (exact) mass is 595 g/mol. The fourth-order valence-corrected chi connectivity index (χ4v) is 6.02. The van der Waals surface area contributed by atoms with Crippen LogP contribution >= 0.6 is 0 Å². The SMILES string of the molecule is CCCNC(=O)[C@H](CC)N(Cc1cccc(OC)c1)C(=O)CN(c1cc(C)ccc1OC)S(=O)(=O)c1ccc(C)cc1. The van der Waals surface area contributed by atoms with E-state index in [-0.39, 0.29) is 23.0 Å². The molecule has 0 aliphatic rings. The van der Waals surface area contributed by atoms with Crippen molar-refractivity contribution in [3.05, 3.63) is 83.4 Å². The van der Waals surface area contributed by atoms with Crippen molar-refractivity contribution in [3.63, 3.8) is 0 Å². The van der Waals surface area contributed by atoms with Crippen LogP contribution in [0.4, 0.5) is 5.69 Å². The van der Waals surface area contributed by atoms with Crippen LogP contribution in [0.25, 0.3) is 0 Å². The Hall–Kier alpha value is -4.05. The molecule has 1 atom stereocenters. The molecule has 1 N–H and O–H groups in total. The van der Waals surface area contributed by atoms with Crippen LogP contribution in [0.2, 0.25) is 0 Å². The minimum absolute atomic E-state index is 0.0385. The molecular weight excluding hydrogens is 554 g/mol. The quantitative estimate of drug-likeness (QED) is 0.286. The van der Waals surface area contributed by atoms with Crippen molar-refractivity contribution < 1.29 is 27.5 Å². The average Bonchev–Trinajstić information content (AvgIpc) is 2.98. The van der Waals surface area contributed by atoms with E-state index < -0.39 is 28.5 Å². The molecular formula is C32H41N3O6S. The standard InChI is InChI=1S/C32H41N3O6S/c1-7-18-33-32(37)28(8-2)34(21-25-10-9-11-26(20-25)40-5)31(36)22-35(29-19-24(4)14-17-30(29)41-6)42(38,39)27-15-12-23(3)13-16-27/h9-17,19-20,28H,7-8,18,21-22H2,1-6H3,(H,33,37)/t28-/m0/s1. The highest BCUT2D eigenvalue weighted by Crippen LogP contribution is 2.34. The number of rotatable bonds is 14. The Balaban J connectivity index is 2.13. The van der Waals surface area contributed by atoms with E-state index in [0.29, 0.717) is 24.5 Å². The summed E-state index contributed by atoms with van der Waals surface area (Å²) in [5, 5.41) is 2.89. The van der Waals surface area contributed by atoms with Gasteiger partial charge >= 0.3 is 0 Å². The van der Waals surface area contributed by atoms with E-state index in [1.165, 1.54) is 24.1 Å². The molecule has 0 fully saturated rings. The first kappa shape index (κ1) is 32.5. The van der Waals surface area contributed by atoms with Crippen LogP contribution in [-0.4, -0.2) is 58.5 Å². The van der Waals surface area contributed by atoms with Gasteiger partial charge in [0.15, 0.2) is 0 Å². The predicted molar refractivity (Wildman–Crippen MR) is 164 cm³/mol. The van der Waals surface area contributed by atoms with Crippen molar-refractivity contribution in [2.24, 2.45) is 0 Å². The van der Waals surface area contributed by atoms with Crippen LogP contribution in [-0.2, 0) is 26.2 Å². The van der Waals surface area contributed by atoms with E-state index >= 15 is 0 Å². The van der Waals surface area contributed by atoms with Gasteiger partial charge in [-0.2, -0.15) is 0 Å². The fourth-order valence-electron chi connectivity index (χ4n) is 4.60. The van der Waals surface area contributed by atoms with Crippen LogP contribution in [0.1, 0.15) is 43.4 Å². The van der Waals surface area contributed by atoms with E-state index in [1.54, 1.807) is 55.6 Å². The maximum atomic E-state index is 14.2. The summed E-state index contributed by atoms with van der Waals surface area (Å²) in [7, 11) is -1.21. The lowest BCUT2D eigenvalue weighted by Crippen LogP contribution is -2.52. The Morgan fingerprint density at radius 1 is 0.905 bits per heavy atom. The van der Waals surface area contributed by atoms with E-state index in [1.807, 2.05) is 33.8 Å². The number of carbonyl (C=O) groups is 2. The van der Waals surface area contributed by atoms with Crippen molar-refractivity contribution >= 4 is 27.5 Å². The maximum Gasteiger partial charge on any atom is 0.264 e. The topological polar surface area (TPSA) is 105 Å². The summed E-state index contributed by atoms with van der Waals surface area (Å²) in [5.74, 6) is 0.0832. The summed E-state index contributed by atoms with van der Waals surface area (Å²) in [6.45, 7) is 7.48.